The van der Waals surface area contributed by atoms with Gasteiger partial charge in [0.1, 0.15) is 0 Å². The van der Waals surface area contributed by atoms with Gasteiger partial charge in [0, 0.05) is 0 Å². The molecule has 0 saturated heterocycles. The molecule has 3 heteroatoms. The van der Waals surface area contributed by atoms with E-state index in [1.807, 2.05) is 0 Å². The Kier molecular flexibility index (Phi) is 11.5. The van der Waals surface area contributed by atoms with Gasteiger partial charge < -0.3 is 0 Å². The van der Waals surface area contributed by atoms with Gasteiger partial charge >= 0.3 is 119 Å². The van der Waals surface area contributed by atoms with Crippen molar-refractivity contribution < 1.29 is 3.07 Å². The van der Waals surface area contributed by atoms with Gasteiger partial charge in [-0.15, -0.1) is 0 Å². The molecule has 0 N–H and O–H groups in total. The van der Waals surface area contributed by atoms with Crippen LogP contribution in [0.15, 0.2) is 4.99 Å². The summed E-state index contributed by atoms with van der Waals surface area (Å²) < 4.78 is 6.20. The first-order chi connectivity index (χ1) is 8.49. The predicted octanol–water partition coefficient (Wildman–Crippen LogP) is 5.40. The molecule has 0 spiro atoms. The van der Waals surface area contributed by atoms with Crippen molar-refractivity contribution in [3.8, 4) is 0 Å². The van der Waals surface area contributed by atoms with Crippen molar-refractivity contribution in [3.05, 3.63) is 0 Å². The summed E-state index contributed by atoms with van der Waals surface area (Å²) in [6, 6.07) is 0. The Morgan fingerprint density at radius 1 is 1.00 bits per heavy atom. The molecule has 0 aromatic rings. The van der Waals surface area contributed by atoms with Crippen LogP contribution in [0.3, 0.4) is 0 Å². The molecule has 2 nitrogen and oxygen atoms in total. The van der Waals surface area contributed by atoms with Crippen LogP contribution < -0.4 is 0 Å². The molecule has 0 rings (SSSR count). The van der Waals surface area contributed by atoms with E-state index in [1.54, 1.807) is 0 Å². The fourth-order valence-electron chi connectivity index (χ4n) is 1.82. The van der Waals surface area contributed by atoms with Gasteiger partial charge in [0.05, 0.1) is 0 Å². The van der Waals surface area contributed by atoms with E-state index in [1.165, 1.54) is 38.5 Å². The second-order valence-corrected chi connectivity index (χ2v) is 18.7. The van der Waals surface area contributed by atoms with Crippen LogP contribution in [0.4, 0.5) is 0 Å². The average Bonchev–Trinajstić information content (AvgIpc) is 2.27. The van der Waals surface area contributed by atoms with E-state index in [9.17, 15) is 0 Å². The van der Waals surface area contributed by atoms with Crippen LogP contribution >= 0.6 is 0 Å². The topological polar surface area (TPSA) is 21.6 Å². The van der Waals surface area contributed by atoms with Crippen molar-refractivity contribution in [2.75, 3.05) is 0 Å². The van der Waals surface area contributed by atoms with Crippen molar-refractivity contribution in [3.63, 3.8) is 0 Å². The second kappa shape index (κ2) is 11.3. The van der Waals surface area contributed by atoms with Crippen LogP contribution in [0.5, 0.6) is 0 Å². The summed E-state index contributed by atoms with van der Waals surface area (Å²) in [5.41, 5.74) is 0. The third-order valence-electron chi connectivity index (χ3n) is 2.75. The van der Waals surface area contributed by atoms with Gasteiger partial charge in [-0.05, 0) is 0 Å². The molecule has 0 amide bonds. The van der Waals surface area contributed by atoms with E-state index in [4.69, 9.17) is 3.07 Å². The van der Waals surface area contributed by atoms with E-state index < -0.39 is 18.8 Å². The molecule has 108 valence electrons. The zero-order chi connectivity index (χ0) is 13.9. The van der Waals surface area contributed by atoms with Gasteiger partial charge in [0.15, 0.2) is 0 Å². The number of unbranched alkanes of at least 4 members (excludes halogenated alkanes) is 5. The molecule has 0 radical (unpaired) electrons. The van der Waals surface area contributed by atoms with Crippen LogP contribution in [0.25, 0.3) is 0 Å². The van der Waals surface area contributed by atoms with Crippen molar-refractivity contribution in [2.24, 2.45) is 4.99 Å². The van der Waals surface area contributed by atoms with E-state index in [0.717, 1.165) is 12.8 Å². The Labute approximate surface area is 119 Å². The Balaban J connectivity index is 4.02. The zero-order valence-electron chi connectivity index (χ0n) is 13.2. The molecule has 0 aliphatic carbocycles. The van der Waals surface area contributed by atoms with Crippen LogP contribution in [0.2, 0.25) is 14.8 Å². The summed E-state index contributed by atoms with van der Waals surface area (Å²) in [7, 11) is 0. The molecule has 1 atom stereocenters. The fourth-order valence-corrected chi connectivity index (χ4v) is 4.66. The summed E-state index contributed by atoms with van der Waals surface area (Å²) in [6.45, 7) is 4.48. The van der Waals surface area contributed by atoms with Crippen LogP contribution in [-0.2, 0) is 3.07 Å². The van der Waals surface area contributed by atoms with Gasteiger partial charge in [-0.2, -0.15) is 0 Å². The molecule has 0 aliphatic rings. The summed E-state index contributed by atoms with van der Waals surface area (Å²) >= 11 is -2.17. The van der Waals surface area contributed by atoms with Crippen molar-refractivity contribution >= 4 is 25.0 Å². The number of hydrogen-bond acceptors (Lipinski definition) is 2. The van der Waals surface area contributed by atoms with Crippen molar-refractivity contribution in [1.29, 1.82) is 0 Å². The molecule has 1 unspecified atom stereocenters. The van der Waals surface area contributed by atoms with Gasteiger partial charge in [-0.1, -0.05) is 0 Å². The number of nitrogens with zero attached hydrogens (tertiary/aromatic N) is 1. The Morgan fingerprint density at radius 3 is 2.17 bits per heavy atom. The maximum absolute atomic E-state index is 6.20. The molecular weight excluding hydrogens is 329 g/mol. The van der Waals surface area contributed by atoms with Gasteiger partial charge in [0.2, 0.25) is 0 Å². The van der Waals surface area contributed by atoms with E-state index in [0.29, 0.717) is 0 Å². The van der Waals surface area contributed by atoms with E-state index in [-0.39, 0.29) is 6.23 Å². The predicted molar refractivity (Wildman–Crippen MR) is 85.0 cm³/mol. The monoisotopic (exact) mass is 363 g/mol. The summed E-state index contributed by atoms with van der Waals surface area (Å²) in [6.07, 6.45) is 12.1. The Morgan fingerprint density at radius 2 is 1.61 bits per heavy atom. The molecule has 0 heterocycles. The first-order valence-electron chi connectivity index (χ1n) is 7.69. The molecule has 0 aromatic carbocycles. The summed E-state index contributed by atoms with van der Waals surface area (Å²) in [4.78, 5) is 11.6. The standard InChI is InChI=1S/C12H24NO.3CH3.Sn/c1-3-5-7-9-11-13-12(14)10-8-6-4-2;;;;/h11-12H,3-10H2,1-2H3;3*1H3;/q-1;;;;+1/b13-11+;;;;. The molecule has 18 heavy (non-hydrogen) atoms. The zero-order valence-corrected chi connectivity index (χ0v) is 16.0. The minimum absolute atomic E-state index is 0.147. The summed E-state index contributed by atoms with van der Waals surface area (Å²) in [5, 5.41) is 0. The van der Waals surface area contributed by atoms with Crippen LogP contribution in [0.1, 0.15) is 65.2 Å². The van der Waals surface area contributed by atoms with Crippen LogP contribution in [-0.4, -0.2) is 31.2 Å². The molecule has 0 bridgehead atoms. The van der Waals surface area contributed by atoms with Gasteiger partial charge in [0.25, 0.3) is 0 Å². The van der Waals surface area contributed by atoms with Crippen molar-refractivity contribution in [2.45, 2.75) is 86.3 Å². The quantitative estimate of drug-likeness (QED) is 0.274. The van der Waals surface area contributed by atoms with Crippen LogP contribution in [0, 0.1) is 0 Å². The van der Waals surface area contributed by atoms with E-state index in [2.05, 4.69) is 39.9 Å². The molecule has 0 aliphatic heterocycles. The second-order valence-electron chi connectivity index (χ2n) is 6.01. The number of aliphatic imine (C=N–C) groups is 1. The normalized spacial score (nSPS) is 14.3. The maximum atomic E-state index is 6.20. The molecular formula is C15H33NOSn. The molecule has 0 fully saturated rings. The minimum atomic E-state index is -2.17. The molecule has 0 saturated carbocycles. The van der Waals surface area contributed by atoms with E-state index >= 15 is 0 Å². The first kappa shape index (κ1) is 18.4. The SMILES string of the molecule is CCCCC/C=N/C(CCCCC)[O][Sn]([CH3])([CH3])[CH3]. The van der Waals surface area contributed by atoms with Gasteiger partial charge in [-0.3, -0.25) is 0 Å². The summed E-state index contributed by atoms with van der Waals surface area (Å²) in [5.74, 6) is 0. The molecule has 0 aromatic heterocycles. The average molecular weight is 362 g/mol. The third kappa shape index (κ3) is 12.9. The number of hydrogen-bond donors (Lipinski definition) is 0. The van der Waals surface area contributed by atoms with Gasteiger partial charge in [-0.25, -0.2) is 0 Å². The Bertz CT molecular complexity index is 211. The van der Waals surface area contributed by atoms with Crippen molar-refractivity contribution in [1.82, 2.24) is 0 Å². The fraction of sp³-hybridized carbons (Fsp3) is 0.933. The number of rotatable bonds is 11. The first-order valence-corrected chi connectivity index (χ1v) is 17.4. The third-order valence-corrected chi connectivity index (χ3v) is 5.55. The Hall–Kier alpha value is 0.429.